The number of aliphatic hydroxyl groups excluding tert-OH is 2. The molecule has 0 aromatic carbocycles. The average Bonchev–Trinajstić information content (AvgIpc) is 3.55. The molecule has 4 aliphatic rings. The summed E-state index contributed by atoms with van der Waals surface area (Å²) in [6.45, 7) is 4.27. The van der Waals surface area contributed by atoms with Crippen molar-refractivity contribution in [3.05, 3.63) is 0 Å². The van der Waals surface area contributed by atoms with E-state index >= 15 is 0 Å². The molecule has 7 unspecified atom stereocenters. The normalized spacial score (nSPS) is 32.6. The minimum Gasteiger partial charge on any atom is -0.388 e. The van der Waals surface area contributed by atoms with Gasteiger partial charge in [0, 0.05) is 0 Å². The van der Waals surface area contributed by atoms with Gasteiger partial charge in [-0.05, 0) is 18.8 Å². The van der Waals surface area contributed by atoms with Crippen LogP contribution in [0.3, 0.4) is 0 Å². The van der Waals surface area contributed by atoms with Gasteiger partial charge in [-0.15, -0.1) is 0 Å². The lowest BCUT2D eigenvalue weighted by Crippen LogP contribution is -2.50. The molecule has 0 radical (unpaired) electrons. The van der Waals surface area contributed by atoms with Crippen molar-refractivity contribution >= 4 is 0 Å². The molecule has 3 aliphatic heterocycles. The van der Waals surface area contributed by atoms with Gasteiger partial charge in [0.05, 0.1) is 59.5 Å². The van der Waals surface area contributed by atoms with Crippen LogP contribution in [0.15, 0.2) is 0 Å². The van der Waals surface area contributed by atoms with E-state index in [0.717, 1.165) is 12.8 Å². The summed E-state index contributed by atoms with van der Waals surface area (Å²) in [5.74, 6) is 0.541. The number of ether oxygens (including phenoxy) is 7. The fourth-order valence-corrected chi connectivity index (χ4v) is 2.83. The van der Waals surface area contributed by atoms with Crippen LogP contribution in [0.2, 0.25) is 0 Å². The zero-order valence-corrected chi connectivity index (χ0v) is 16.1. The molecule has 28 heavy (non-hydrogen) atoms. The van der Waals surface area contributed by atoms with Gasteiger partial charge in [0.1, 0.15) is 42.7 Å². The summed E-state index contributed by atoms with van der Waals surface area (Å²) in [6, 6.07) is 0. The fraction of sp³-hybridized carbons (Fsp3) is 1.00. The standard InChI is InChI=1S/C19H32O9/c20-18(16(27-3-12-1-2-12)10-22-4-13-6-24-13)19(21)17(28-9-15-8-26-15)11-23-5-14-7-25-14/h12-21H,1-11H2. The van der Waals surface area contributed by atoms with Gasteiger partial charge in [0.2, 0.25) is 0 Å². The summed E-state index contributed by atoms with van der Waals surface area (Å²) in [4.78, 5) is 0. The molecule has 7 atom stereocenters. The molecule has 0 amide bonds. The molecule has 4 rings (SSSR count). The van der Waals surface area contributed by atoms with Crippen LogP contribution in [0.25, 0.3) is 0 Å². The van der Waals surface area contributed by atoms with Crippen molar-refractivity contribution in [1.29, 1.82) is 0 Å². The Morgan fingerprint density at radius 1 is 0.679 bits per heavy atom. The Balaban J connectivity index is 1.27. The summed E-state index contributed by atoms with van der Waals surface area (Å²) < 4.78 is 38.3. The van der Waals surface area contributed by atoms with E-state index in [-0.39, 0.29) is 31.5 Å². The predicted octanol–water partition coefficient (Wildman–Crippen LogP) is -0.882. The third-order valence-electron chi connectivity index (χ3n) is 5.23. The van der Waals surface area contributed by atoms with Crippen molar-refractivity contribution in [3.63, 3.8) is 0 Å². The van der Waals surface area contributed by atoms with Crippen molar-refractivity contribution in [2.24, 2.45) is 5.92 Å². The number of epoxide rings is 3. The SMILES string of the molecule is OC(C(COCC1CO1)OCC1CC1)C(O)C(COCC1CO1)OCC1CO1. The molecule has 1 saturated carbocycles. The Kier molecular flexibility index (Phi) is 7.54. The second kappa shape index (κ2) is 10.1. The lowest BCUT2D eigenvalue weighted by atomic mass is 10.0. The van der Waals surface area contributed by atoms with Gasteiger partial charge in [-0.2, -0.15) is 0 Å². The third-order valence-corrected chi connectivity index (χ3v) is 5.23. The highest BCUT2D eigenvalue weighted by molar-refractivity contribution is 4.85. The van der Waals surface area contributed by atoms with Gasteiger partial charge < -0.3 is 43.4 Å². The number of hydrogen-bond donors (Lipinski definition) is 2. The first-order chi connectivity index (χ1) is 13.7. The van der Waals surface area contributed by atoms with E-state index in [2.05, 4.69) is 0 Å². The molecule has 162 valence electrons. The summed E-state index contributed by atoms with van der Waals surface area (Å²) >= 11 is 0. The van der Waals surface area contributed by atoms with Crippen molar-refractivity contribution in [1.82, 2.24) is 0 Å². The van der Waals surface area contributed by atoms with E-state index in [1.807, 2.05) is 0 Å². The average molecular weight is 404 g/mol. The van der Waals surface area contributed by atoms with E-state index in [1.165, 1.54) is 0 Å². The molecule has 0 bridgehead atoms. The van der Waals surface area contributed by atoms with E-state index in [9.17, 15) is 10.2 Å². The first-order valence-electron chi connectivity index (χ1n) is 10.3. The lowest BCUT2D eigenvalue weighted by Gasteiger charge is -2.31. The largest absolute Gasteiger partial charge is 0.388 e. The second-order valence-corrected chi connectivity index (χ2v) is 8.11. The van der Waals surface area contributed by atoms with E-state index in [1.54, 1.807) is 0 Å². The Hall–Kier alpha value is -0.360. The topological polar surface area (TPSA) is 115 Å². The highest BCUT2D eigenvalue weighted by Crippen LogP contribution is 2.30. The van der Waals surface area contributed by atoms with Crippen molar-refractivity contribution < 1.29 is 43.4 Å². The van der Waals surface area contributed by atoms with Crippen LogP contribution in [-0.4, -0.2) is 112 Å². The van der Waals surface area contributed by atoms with E-state index in [0.29, 0.717) is 52.2 Å². The number of aliphatic hydroxyl groups is 2. The molecular formula is C19H32O9. The zero-order chi connectivity index (χ0) is 19.3. The smallest absolute Gasteiger partial charge is 0.111 e. The molecular weight excluding hydrogens is 372 g/mol. The number of hydrogen-bond acceptors (Lipinski definition) is 9. The van der Waals surface area contributed by atoms with Crippen molar-refractivity contribution in [2.45, 2.75) is 55.6 Å². The summed E-state index contributed by atoms with van der Waals surface area (Å²) in [6.07, 6.45) is -1.02. The van der Waals surface area contributed by atoms with Crippen LogP contribution >= 0.6 is 0 Å². The molecule has 4 fully saturated rings. The van der Waals surface area contributed by atoms with Crippen LogP contribution in [0.1, 0.15) is 12.8 Å². The monoisotopic (exact) mass is 404 g/mol. The van der Waals surface area contributed by atoms with Crippen LogP contribution in [0.4, 0.5) is 0 Å². The Labute approximate surface area is 165 Å². The van der Waals surface area contributed by atoms with Crippen molar-refractivity contribution in [2.75, 3.05) is 59.5 Å². The molecule has 3 heterocycles. The Morgan fingerprint density at radius 2 is 1.11 bits per heavy atom. The highest BCUT2D eigenvalue weighted by Gasteiger charge is 2.37. The van der Waals surface area contributed by atoms with Gasteiger partial charge in [0.15, 0.2) is 0 Å². The Bertz CT molecular complexity index is 420. The van der Waals surface area contributed by atoms with Gasteiger partial charge in [-0.25, -0.2) is 0 Å². The molecule has 3 saturated heterocycles. The van der Waals surface area contributed by atoms with Gasteiger partial charge in [0.25, 0.3) is 0 Å². The first kappa shape index (κ1) is 20.9. The van der Waals surface area contributed by atoms with E-state index < -0.39 is 24.4 Å². The minimum absolute atomic E-state index is 0.0578. The Morgan fingerprint density at radius 3 is 1.54 bits per heavy atom. The molecule has 0 spiro atoms. The molecule has 0 aromatic heterocycles. The first-order valence-corrected chi connectivity index (χ1v) is 10.3. The number of rotatable bonds is 17. The maximum atomic E-state index is 10.8. The van der Waals surface area contributed by atoms with Gasteiger partial charge in [-0.3, -0.25) is 0 Å². The van der Waals surface area contributed by atoms with Crippen LogP contribution in [0.5, 0.6) is 0 Å². The third kappa shape index (κ3) is 7.47. The summed E-state index contributed by atoms with van der Waals surface area (Å²) in [7, 11) is 0. The molecule has 2 N–H and O–H groups in total. The van der Waals surface area contributed by atoms with E-state index in [4.69, 9.17) is 33.2 Å². The quantitative estimate of drug-likeness (QED) is 0.298. The fourth-order valence-electron chi connectivity index (χ4n) is 2.83. The maximum Gasteiger partial charge on any atom is 0.111 e. The molecule has 1 aliphatic carbocycles. The summed E-state index contributed by atoms with van der Waals surface area (Å²) in [5.41, 5.74) is 0. The van der Waals surface area contributed by atoms with Gasteiger partial charge in [-0.1, -0.05) is 0 Å². The molecule has 0 aromatic rings. The summed E-state index contributed by atoms with van der Waals surface area (Å²) in [5, 5.41) is 21.6. The highest BCUT2D eigenvalue weighted by atomic mass is 16.6. The maximum absolute atomic E-state index is 10.8. The lowest BCUT2D eigenvalue weighted by molar-refractivity contribution is -0.165. The van der Waals surface area contributed by atoms with Crippen LogP contribution in [0, 0.1) is 5.92 Å². The van der Waals surface area contributed by atoms with Crippen LogP contribution < -0.4 is 0 Å². The minimum atomic E-state index is -1.16. The van der Waals surface area contributed by atoms with Crippen molar-refractivity contribution in [3.8, 4) is 0 Å². The molecule has 9 heteroatoms. The predicted molar refractivity (Wildman–Crippen MR) is 95.1 cm³/mol. The van der Waals surface area contributed by atoms with Gasteiger partial charge >= 0.3 is 0 Å². The molecule has 9 nitrogen and oxygen atoms in total. The second-order valence-electron chi connectivity index (χ2n) is 8.11. The zero-order valence-electron chi connectivity index (χ0n) is 16.1. The van der Waals surface area contributed by atoms with Crippen LogP contribution in [-0.2, 0) is 33.2 Å².